The highest BCUT2D eigenvalue weighted by Crippen LogP contribution is 2.26. The van der Waals surface area contributed by atoms with E-state index in [1.807, 2.05) is 53.4 Å². The number of nitrogens with zero attached hydrogens (tertiary/aromatic N) is 2. The number of hydrogen-bond acceptors (Lipinski definition) is 2. The molecule has 3 aromatic rings. The number of thiocarbonyl (C=S) groups is 1. The van der Waals surface area contributed by atoms with Crippen molar-refractivity contribution in [3.05, 3.63) is 58.8 Å². The molecule has 0 atom stereocenters. The number of fused-ring (bicyclic) bond motifs is 1. The van der Waals surface area contributed by atoms with Crippen molar-refractivity contribution in [3.8, 4) is 5.69 Å². The minimum atomic E-state index is 0.391. The molecule has 19 heavy (non-hydrogen) atoms. The molecule has 0 aliphatic heterocycles. The minimum absolute atomic E-state index is 0.391. The van der Waals surface area contributed by atoms with Gasteiger partial charge >= 0.3 is 0 Å². The molecule has 3 rings (SSSR count). The van der Waals surface area contributed by atoms with Crippen molar-refractivity contribution in [2.24, 2.45) is 5.73 Å². The van der Waals surface area contributed by atoms with E-state index in [2.05, 4.69) is 20.9 Å². The summed E-state index contributed by atoms with van der Waals surface area (Å²) in [7, 11) is 0. The van der Waals surface area contributed by atoms with Crippen LogP contribution in [-0.4, -0.2) is 14.5 Å². The van der Waals surface area contributed by atoms with Crippen LogP contribution in [0.4, 0.5) is 0 Å². The fraction of sp³-hybridized carbons (Fsp3) is 0. The van der Waals surface area contributed by atoms with Crippen LogP contribution in [0.25, 0.3) is 16.7 Å². The fourth-order valence-corrected chi connectivity index (χ4v) is 2.70. The minimum Gasteiger partial charge on any atom is -0.389 e. The summed E-state index contributed by atoms with van der Waals surface area (Å²) in [4.78, 5) is 4.78. The molecule has 0 amide bonds. The van der Waals surface area contributed by atoms with E-state index in [1.54, 1.807) is 0 Å². The molecule has 0 unspecified atom stereocenters. The monoisotopic (exact) mass is 331 g/mol. The summed E-state index contributed by atoms with van der Waals surface area (Å²) in [6, 6.07) is 13.8. The van der Waals surface area contributed by atoms with E-state index < -0.39 is 0 Å². The van der Waals surface area contributed by atoms with Crippen molar-refractivity contribution in [1.29, 1.82) is 0 Å². The lowest BCUT2D eigenvalue weighted by atomic mass is 10.2. The summed E-state index contributed by atoms with van der Waals surface area (Å²) in [6.07, 6.45) is 1.81. The fourth-order valence-electron chi connectivity index (χ4n) is 2.01. The molecule has 1 heterocycles. The molecular weight excluding hydrogens is 322 g/mol. The quantitative estimate of drug-likeness (QED) is 0.732. The van der Waals surface area contributed by atoms with E-state index in [0.29, 0.717) is 4.99 Å². The van der Waals surface area contributed by atoms with Crippen LogP contribution < -0.4 is 5.73 Å². The molecule has 2 N–H and O–H groups in total. The van der Waals surface area contributed by atoms with Gasteiger partial charge in [-0.25, -0.2) is 4.98 Å². The first kappa shape index (κ1) is 12.3. The highest BCUT2D eigenvalue weighted by atomic mass is 79.9. The number of imidazole rings is 1. The summed E-state index contributed by atoms with van der Waals surface area (Å²) in [5.41, 5.74) is 9.51. The molecule has 5 heteroatoms. The summed E-state index contributed by atoms with van der Waals surface area (Å²) in [5, 5.41) is 0. The smallest absolute Gasteiger partial charge is 0.104 e. The Labute approximate surface area is 124 Å². The maximum absolute atomic E-state index is 5.63. The number of para-hydroxylation sites is 2. The molecule has 0 saturated carbocycles. The van der Waals surface area contributed by atoms with Crippen molar-refractivity contribution in [2.75, 3.05) is 0 Å². The second kappa shape index (κ2) is 4.75. The molecule has 1 aromatic heterocycles. The van der Waals surface area contributed by atoms with E-state index in [9.17, 15) is 0 Å². The van der Waals surface area contributed by atoms with Gasteiger partial charge in [0.25, 0.3) is 0 Å². The Hall–Kier alpha value is -1.72. The molecule has 3 nitrogen and oxygen atoms in total. The predicted octanol–water partition coefficient (Wildman–Crippen LogP) is 3.42. The Morgan fingerprint density at radius 3 is 2.74 bits per heavy atom. The van der Waals surface area contributed by atoms with E-state index in [4.69, 9.17) is 18.0 Å². The second-order valence-corrected chi connectivity index (χ2v) is 5.43. The number of rotatable bonds is 2. The van der Waals surface area contributed by atoms with E-state index in [1.165, 1.54) is 0 Å². The van der Waals surface area contributed by atoms with Crippen molar-refractivity contribution in [3.63, 3.8) is 0 Å². The molecule has 0 bridgehead atoms. The van der Waals surface area contributed by atoms with Crippen molar-refractivity contribution in [1.82, 2.24) is 9.55 Å². The summed E-state index contributed by atoms with van der Waals surface area (Å²) in [5.74, 6) is 0. The van der Waals surface area contributed by atoms with Crippen LogP contribution in [0.3, 0.4) is 0 Å². The van der Waals surface area contributed by atoms with Crippen LogP contribution in [-0.2, 0) is 0 Å². The van der Waals surface area contributed by atoms with Gasteiger partial charge in [0.05, 0.1) is 16.7 Å². The third-order valence-corrected chi connectivity index (χ3v) is 3.82. The first-order valence-electron chi connectivity index (χ1n) is 5.68. The van der Waals surface area contributed by atoms with Crippen LogP contribution in [0.5, 0.6) is 0 Å². The maximum Gasteiger partial charge on any atom is 0.104 e. The summed E-state index contributed by atoms with van der Waals surface area (Å²) in [6.45, 7) is 0. The van der Waals surface area contributed by atoms with E-state index in [-0.39, 0.29) is 0 Å². The first-order valence-corrected chi connectivity index (χ1v) is 6.89. The molecule has 0 aliphatic rings. The van der Waals surface area contributed by atoms with Crippen LogP contribution >= 0.6 is 28.1 Å². The van der Waals surface area contributed by atoms with Gasteiger partial charge in [-0.2, -0.15) is 0 Å². The summed E-state index contributed by atoms with van der Waals surface area (Å²) >= 11 is 8.54. The zero-order valence-electron chi connectivity index (χ0n) is 9.88. The largest absolute Gasteiger partial charge is 0.389 e. The van der Waals surface area contributed by atoms with Crippen LogP contribution in [0.15, 0.2) is 53.3 Å². The molecule has 0 spiro atoms. The van der Waals surface area contributed by atoms with Gasteiger partial charge in [0.15, 0.2) is 0 Å². The van der Waals surface area contributed by atoms with Crippen molar-refractivity contribution >= 4 is 44.2 Å². The molecule has 94 valence electrons. The van der Waals surface area contributed by atoms with Crippen molar-refractivity contribution in [2.45, 2.75) is 0 Å². The lowest BCUT2D eigenvalue weighted by molar-refractivity contribution is 1.08. The van der Waals surface area contributed by atoms with Gasteiger partial charge in [-0.1, -0.05) is 24.4 Å². The zero-order valence-corrected chi connectivity index (χ0v) is 12.3. The standard InChI is InChI=1S/C14H10BrN3S/c15-10-7-9(14(16)19)5-6-12(10)18-8-17-11-3-1-2-4-13(11)18/h1-8H,(H2,16,19). The van der Waals surface area contributed by atoms with Gasteiger partial charge in [0.1, 0.15) is 11.3 Å². The van der Waals surface area contributed by atoms with Gasteiger partial charge < -0.3 is 5.73 Å². The number of hydrogen-bond donors (Lipinski definition) is 1. The normalized spacial score (nSPS) is 10.8. The van der Waals surface area contributed by atoms with Crippen LogP contribution in [0.1, 0.15) is 5.56 Å². The Morgan fingerprint density at radius 1 is 1.21 bits per heavy atom. The maximum atomic E-state index is 5.63. The Kier molecular flexibility index (Phi) is 3.08. The zero-order chi connectivity index (χ0) is 13.4. The molecule has 0 aliphatic carbocycles. The number of halogens is 1. The highest BCUT2D eigenvalue weighted by molar-refractivity contribution is 9.10. The lowest BCUT2D eigenvalue weighted by Gasteiger charge is -2.08. The molecule has 0 fully saturated rings. The molecule has 0 saturated heterocycles. The first-order chi connectivity index (χ1) is 9.16. The predicted molar refractivity (Wildman–Crippen MR) is 84.7 cm³/mol. The Balaban J connectivity index is 2.19. The molecular formula is C14H10BrN3S. The molecule has 2 aromatic carbocycles. The van der Waals surface area contributed by atoms with Gasteiger partial charge in [-0.05, 0) is 46.3 Å². The van der Waals surface area contributed by atoms with Gasteiger partial charge in [0.2, 0.25) is 0 Å². The van der Waals surface area contributed by atoms with Gasteiger partial charge in [0, 0.05) is 10.0 Å². The molecule has 0 radical (unpaired) electrons. The van der Waals surface area contributed by atoms with E-state index >= 15 is 0 Å². The average Bonchev–Trinajstić information content (AvgIpc) is 2.82. The second-order valence-electron chi connectivity index (χ2n) is 4.13. The van der Waals surface area contributed by atoms with Crippen molar-refractivity contribution < 1.29 is 0 Å². The number of benzene rings is 2. The van der Waals surface area contributed by atoms with Crippen LogP contribution in [0.2, 0.25) is 0 Å². The third kappa shape index (κ3) is 2.15. The third-order valence-electron chi connectivity index (χ3n) is 2.95. The van der Waals surface area contributed by atoms with Gasteiger partial charge in [-0.3, -0.25) is 4.57 Å². The van der Waals surface area contributed by atoms with Crippen LogP contribution in [0, 0.1) is 0 Å². The number of aromatic nitrogens is 2. The lowest BCUT2D eigenvalue weighted by Crippen LogP contribution is -2.09. The average molecular weight is 332 g/mol. The topological polar surface area (TPSA) is 43.8 Å². The highest BCUT2D eigenvalue weighted by Gasteiger charge is 2.08. The Morgan fingerprint density at radius 2 is 2.00 bits per heavy atom. The SMILES string of the molecule is NC(=S)c1ccc(-n2cnc3ccccc32)c(Br)c1. The summed E-state index contributed by atoms with van der Waals surface area (Å²) < 4.78 is 2.96. The van der Waals surface area contributed by atoms with Gasteiger partial charge in [-0.15, -0.1) is 0 Å². The van der Waals surface area contributed by atoms with E-state index in [0.717, 1.165) is 26.8 Å². The Bertz CT molecular complexity index is 779. The number of nitrogens with two attached hydrogens (primary N) is 1.